The Morgan fingerprint density at radius 3 is 3.00 bits per heavy atom. The van der Waals surface area contributed by atoms with E-state index < -0.39 is 5.60 Å². The fourth-order valence-corrected chi connectivity index (χ4v) is 2.99. The lowest BCUT2D eigenvalue weighted by molar-refractivity contribution is -0.0832. The fourth-order valence-electron chi connectivity index (χ4n) is 2.99. The smallest absolute Gasteiger partial charge is 0.156 e. The van der Waals surface area contributed by atoms with Crippen LogP contribution in [0.25, 0.3) is 0 Å². The lowest BCUT2D eigenvalue weighted by atomic mass is 9.85. The third-order valence-electron chi connectivity index (χ3n) is 4.01. The maximum absolute atomic E-state index is 6.35. The molecule has 0 N–H and O–H groups in total. The third-order valence-corrected chi connectivity index (χ3v) is 4.01. The minimum Gasteiger partial charge on any atom is -0.379 e. The van der Waals surface area contributed by atoms with Crippen molar-refractivity contribution >= 4 is 5.71 Å². The molecule has 98 valence electrons. The Hall–Kier alpha value is -1.49. The molecule has 4 heteroatoms. The summed E-state index contributed by atoms with van der Waals surface area (Å²) in [6.07, 6.45) is 14.3. The molecule has 0 amide bonds. The number of morpholine rings is 1. The van der Waals surface area contributed by atoms with E-state index >= 15 is 0 Å². The molecule has 1 spiro atoms. The lowest BCUT2D eigenvalue weighted by Crippen LogP contribution is -2.47. The standard InChI is InChI=1S/C15H16N2O2/c1-2-5-15-12(4-6-16-13(15)3-1)11-14(19-15)17-7-9-18-10-8-17/h1-6,11,14H,7-10H2. The van der Waals surface area contributed by atoms with Gasteiger partial charge in [-0.05, 0) is 29.9 Å². The SMILES string of the molecule is C1=CC2=NC=CC3=CC(N4CCOCC4)OC32C=C1. The zero-order valence-corrected chi connectivity index (χ0v) is 10.7. The van der Waals surface area contributed by atoms with Crippen LogP contribution in [0, 0.1) is 0 Å². The fraction of sp³-hybridized carbons (Fsp3) is 0.400. The van der Waals surface area contributed by atoms with Gasteiger partial charge in [0.15, 0.2) is 5.60 Å². The Bertz CT molecular complexity index is 538. The molecular formula is C15H16N2O2. The Balaban J connectivity index is 1.67. The monoisotopic (exact) mass is 256 g/mol. The topological polar surface area (TPSA) is 34.1 Å². The first-order valence-corrected chi connectivity index (χ1v) is 6.71. The van der Waals surface area contributed by atoms with Crippen LogP contribution in [0.5, 0.6) is 0 Å². The molecule has 1 saturated heterocycles. The molecule has 3 heterocycles. The first kappa shape index (κ1) is 11.3. The molecule has 4 rings (SSSR count). The predicted molar refractivity (Wildman–Crippen MR) is 72.9 cm³/mol. The number of allylic oxidation sites excluding steroid dienone is 2. The summed E-state index contributed by atoms with van der Waals surface area (Å²) in [6, 6.07) is 0. The molecule has 4 aliphatic rings. The summed E-state index contributed by atoms with van der Waals surface area (Å²) >= 11 is 0. The van der Waals surface area contributed by atoms with Gasteiger partial charge in [0.1, 0.15) is 6.23 Å². The summed E-state index contributed by atoms with van der Waals surface area (Å²) in [5.74, 6) is 0. The molecule has 1 fully saturated rings. The number of nitrogens with zero attached hydrogens (tertiary/aromatic N) is 2. The highest BCUT2D eigenvalue weighted by Crippen LogP contribution is 2.39. The van der Waals surface area contributed by atoms with Crippen molar-refractivity contribution < 1.29 is 9.47 Å². The molecule has 4 nitrogen and oxygen atoms in total. The van der Waals surface area contributed by atoms with Crippen molar-refractivity contribution in [1.82, 2.24) is 4.90 Å². The Kier molecular flexibility index (Phi) is 2.55. The van der Waals surface area contributed by atoms with Crippen molar-refractivity contribution in [2.45, 2.75) is 11.8 Å². The van der Waals surface area contributed by atoms with Gasteiger partial charge in [0, 0.05) is 19.3 Å². The van der Waals surface area contributed by atoms with E-state index in [-0.39, 0.29) is 6.23 Å². The highest BCUT2D eigenvalue weighted by atomic mass is 16.5. The van der Waals surface area contributed by atoms with Gasteiger partial charge in [0.05, 0.1) is 18.9 Å². The Labute approximate surface area is 112 Å². The van der Waals surface area contributed by atoms with Crippen LogP contribution < -0.4 is 0 Å². The van der Waals surface area contributed by atoms with E-state index in [2.05, 4.69) is 22.0 Å². The summed E-state index contributed by atoms with van der Waals surface area (Å²) in [5, 5.41) is 0. The van der Waals surface area contributed by atoms with Crippen LogP contribution in [0.2, 0.25) is 0 Å². The van der Waals surface area contributed by atoms with Crippen molar-refractivity contribution in [2.24, 2.45) is 4.99 Å². The summed E-state index contributed by atoms with van der Waals surface area (Å²) < 4.78 is 11.8. The van der Waals surface area contributed by atoms with Gasteiger partial charge in [0.25, 0.3) is 0 Å². The van der Waals surface area contributed by atoms with Crippen molar-refractivity contribution in [3.8, 4) is 0 Å². The molecule has 2 unspecified atom stereocenters. The van der Waals surface area contributed by atoms with E-state index in [9.17, 15) is 0 Å². The van der Waals surface area contributed by atoms with Crippen LogP contribution in [0.3, 0.4) is 0 Å². The molecule has 0 aromatic rings. The minimum atomic E-state index is -0.466. The zero-order chi connectivity index (χ0) is 12.7. The van der Waals surface area contributed by atoms with Gasteiger partial charge in [-0.1, -0.05) is 12.2 Å². The number of ether oxygens (including phenoxy) is 2. The van der Waals surface area contributed by atoms with E-state index in [0.29, 0.717) is 0 Å². The summed E-state index contributed by atoms with van der Waals surface area (Å²) in [7, 11) is 0. The summed E-state index contributed by atoms with van der Waals surface area (Å²) in [5.41, 5.74) is 1.70. The molecule has 0 bridgehead atoms. The minimum absolute atomic E-state index is 0.0167. The normalized spacial score (nSPS) is 36.7. The van der Waals surface area contributed by atoms with Crippen molar-refractivity contribution in [3.05, 3.63) is 48.2 Å². The number of hydrogen-bond donors (Lipinski definition) is 0. The van der Waals surface area contributed by atoms with Gasteiger partial charge in [-0.2, -0.15) is 0 Å². The summed E-state index contributed by atoms with van der Waals surface area (Å²) in [6.45, 7) is 3.39. The second-order valence-electron chi connectivity index (χ2n) is 5.06. The lowest BCUT2D eigenvalue weighted by Gasteiger charge is -2.36. The second kappa shape index (κ2) is 4.27. The van der Waals surface area contributed by atoms with E-state index in [0.717, 1.165) is 32.0 Å². The molecule has 19 heavy (non-hydrogen) atoms. The molecule has 0 radical (unpaired) electrons. The number of hydrogen-bond acceptors (Lipinski definition) is 4. The van der Waals surface area contributed by atoms with E-state index in [4.69, 9.17) is 9.47 Å². The maximum Gasteiger partial charge on any atom is 0.156 e. The third kappa shape index (κ3) is 1.68. The first-order valence-electron chi connectivity index (χ1n) is 6.71. The highest BCUT2D eigenvalue weighted by molar-refractivity contribution is 6.09. The average Bonchev–Trinajstić information content (AvgIpc) is 2.85. The zero-order valence-electron chi connectivity index (χ0n) is 10.7. The van der Waals surface area contributed by atoms with Gasteiger partial charge in [-0.3, -0.25) is 9.89 Å². The van der Waals surface area contributed by atoms with Gasteiger partial charge in [-0.15, -0.1) is 0 Å². The van der Waals surface area contributed by atoms with Crippen molar-refractivity contribution in [3.63, 3.8) is 0 Å². The molecule has 0 aromatic carbocycles. The molecular weight excluding hydrogens is 240 g/mol. The van der Waals surface area contributed by atoms with Crippen LogP contribution >= 0.6 is 0 Å². The van der Waals surface area contributed by atoms with Crippen LogP contribution in [0.1, 0.15) is 0 Å². The van der Waals surface area contributed by atoms with Crippen LogP contribution in [-0.4, -0.2) is 48.7 Å². The van der Waals surface area contributed by atoms with Crippen LogP contribution in [0.4, 0.5) is 0 Å². The average molecular weight is 256 g/mol. The largest absolute Gasteiger partial charge is 0.379 e. The molecule has 2 atom stereocenters. The van der Waals surface area contributed by atoms with Gasteiger partial charge in [-0.25, -0.2) is 0 Å². The van der Waals surface area contributed by atoms with Gasteiger partial charge in [0.2, 0.25) is 0 Å². The quantitative estimate of drug-likeness (QED) is 0.712. The van der Waals surface area contributed by atoms with E-state index in [1.54, 1.807) is 0 Å². The number of aliphatic imine (C=N–C) groups is 1. The van der Waals surface area contributed by atoms with Gasteiger partial charge >= 0.3 is 0 Å². The van der Waals surface area contributed by atoms with Crippen molar-refractivity contribution in [1.29, 1.82) is 0 Å². The summed E-state index contributed by atoms with van der Waals surface area (Å²) in [4.78, 5) is 6.77. The predicted octanol–water partition coefficient (Wildman–Crippen LogP) is 1.43. The highest BCUT2D eigenvalue weighted by Gasteiger charge is 2.46. The van der Waals surface area contributed by atoms with Gasteiger partial charge < -0.3 is 9.47 Å². The molecule has 0 aromatic heterocycles. The van der Waals surface area contributed by atoms with Crippen molar-refractivity contribution in [2.75, 3.05) is 26.3 Å². The second-order valence-corrected chi connectivity index (χ2v) is 5.06. The Morgan fingerprint density at radius 2 is 2.11 bits per heavy atom. The van der Waals surface area contributed by atoms with Crippen LogP contribution in [0.15, 0.2) is 53.2 Å². The van der Waals surface area contributed by atoms with Crippen LogP contribution in [-0.2, 0) is 9.47 Å². The van der Waals surface area contributed by atoms with E-state index in [1.807, 2.05) is 30.5 Å². The molecule has 0 saturated carbocycles. The maximum atomic E-state index is 6.35. The first-order chi connectivity index (χ1) is 9.38. The molecule has 3 aliphatic heterocycles. The number of rotatable bonds is 1. The molecule has 1 aliphatic carbocycles. The van der Waals surface area contributed by atoms with E-state index in [1.165, 1.54) is 5.57 Å². The Morgan fingerprint density at radius 1 is 1.21 bits per heavy atom.